The lowest BCUT2D eigenvalue weighted by atomic mass is 10.2. The molecule has 130 valence electrons. The van der Waals surface area contributed by atoms with E-state index in [1.807, 2.05) is 0 Å². The summed E-state index contributed by atoms with van der Waals surface area (Å²) in [6.07, 6.45) is -8.20. The van der Waals surface area contributed by atoms with Crippen molar-refractivity contribution in [2.75, 3.05) is 6.61 Å². The van der Waals surface area contributed by atoms with Gasteiger partial charge in [-0.2, -0.15) is 31.4 Å². The normalized spacial score (nSPS) is 12.3. The predicted molar refractivity (Wildman–Crippen MR) is 67.3 cm³/mol. The number of carbonyl (C=O) groups is 1. The molecule has 0 atom stereocenters. The minimum atomic E-state index is -4.94. The third-order valence-corrected chi connectivity index (χ3v) is 2.78. The Bertz CT molecular complexity index is 734. The molecule has 11 heteroatoms. The third kappa shape index (κ3) is 3.66. The molecule has 0 aliphatic rings. The number of aromatic nitrogens is 3. The van der Waals surface area contributed by atoms with Gasteiger partial charge >= 0.3 is 18.3 Å². The first kappa shape index (κ1) is 17.8. The van der Waals surface area contributed by atoms with Gasteiger partial charge in [-0.25, -0.2) is 14.5 Å². The molecule has 2 aromatic rings. The van der Waals surface area contributed by atoms with Crippen LogP contribution in [0, 0.1) is 0 Å². The number of ether oxygens (including phenoxy) is 1. The average Bonchev–Trinajstić information content (AvgIpc) is 2.92. The molecule has 2 rings (SSSR count). The Labute approximate surface area is 130 Å². The summed E-state index contributed by atoms with van der Waals surface area (Å²) in [4.78, 5) is 14.7. The summed E-state index contributed by atoms with van der Waals surface area (Å²) in [5, 5.41) is 3.22. The van der Waals surface area contributed by atoms with Gasteiger partial charge < -0.3 is 4.74 Å². The highest BCUT2D eigenvalue weighted by Crippen LogP contribution is 2.32. The van der Waals surface area contributed by atoms with Crippen molar-refractivity contribution in [3.8, 4) is 5.69 Å². The van der Waals surface area contributed by atoms with E-state index in [2.05, 4.69) is 14.8 Å². The van der Waals surface area contributed by atoms with E-state index in [4.69, 9.17) is 0 Å². The number of halogens is 6. The zero-order chi connectivity index (χ0) is 18.1. The standard InChI is InChI=1S/C13H9F6N3O2/c1-2-24-11(23)8-6-22(21-10(8)13(17,18)19)7-3-4-9(20-5-7)12(14,15)16/h3-6H,2H2,1H3. The molecule has 0 spiro atoms. The number of esters is 1. The molecule has 0 saturated carbocycles. The van der Waals surface area contributed by atoms with Crippen molar-refractivity contribution >= 4 is 5.97 Å². The monoisotopic (exact) mass is 353 g/mol. The van der Waals surface area contributed by atoms with Gasteiger partial charge in [0.2, 0.25) is 0 Å². The minimum Gasteiger partial charge on any atom is -0.462 e. The predicted octanol–water partition coefficient (Wildman–Crippen LogP) is 3.48. The first-order chi connectivity index (χ1) is 11.0. The van der Waals surface area contributed by atoms with Gasteiger partial charge in [0, 0.05) is 6.20 Å². The lowest BCUT2D eigenvalue weighted by Gasteiger charge is -2.06. The zero-order valence-corrected chi connectivity index (χ0v) is 11.9. The van der Waals surface area contributed by atoms with Crippen LogP contribution in [0.25, 0.3) is 5.69 Å². The van der Waals surface area contributed by atoms with Crippen molar-refractivity contribution in [1.82, 2.24) is 14.8 Å². The maximum absolute atomic E-state index is 13.0. The summed E-state index contributed by atoms with van der Waals surface area (Å²) in [6.45, 7) is 1.26. The van der Waals surface area contributed by atoms with Crippen LogP contribution in [-0.2, 0) is 17.1 Å². The first-order valence-electron chi connectivity index (χ1n) is 6.41. The van der Waals surface area contributed by atoms with E-state index in [0.29, 0.717) is 16.9 Å². The first-order valence-corrected chi connectivity index (χ1v) is 6.41. The summed E-state index contributed by atoms with van der Waals surface area (Å²) in [6, 6.07) is 1.48. The maximum atomic E-state index is 13.0. The topological polar surface area (TPSA) is 57.0 Å². The van der Waals surface area contributed by atoms with Crippen molar-refractivity contribution < 1.29 is 35.9 Å². The zero-order valence-electron chi connectivity index (χ0n) is 11.9. The summed E-state index contributed by atoms with van der Waals surface area (Å²) < 4.78 is 81.3. The highest BCUT2D eigenvalue weighted by atomic mass is 19.4. The van der Waals surface area contributed by atoms with Crippen LogP contribution in [0.1, 0.15) is 28.7 Å². The van der Waals surface area contributed by atoms with Crippen LogP contribution in [0.2, 0.25) is 0 Å². The number of carbonyl (C=O) groups excluding carboxylic acids is 1. The molecule has 0 aliphatic carbocycles. The third-order valence-electron chi connectivity index (χ3n) is 2.78. The van der Waals surface area contributed by atoms with E-state index in [1.165, 1.54) is 6.92 Å². The lowest BCUT2D eigenvalue weighted by Crippen LogP contribution is -2.14. The largest absolute Gasteiger partial charge is 0.462 e. The molecule has 0 radical (unpaired) electrons. The van der Waals surface area contributed by atoms with E-state index in [9.17, 15) is 31.1 Å². The average molecular weight is 353 g/mol. The Morgan fingerprint density at radius 1 is 1.17 bits per heavy atom. The van der Waals surface area contributed by atoms with Gasteiger partial charge in [0.15, 0.2) is 5.69 Å². The molecule has 0 aliphatic heterocycles. The second-order valence-corrected chi connectivity index (χ2v) is 4.45. The number of pyridine rings is 1. The summed E-state index contributed by atoms with van der Waals surface area (Å²) in [7, 11) is 0. The van der Waals surface area contributed by atoms with E-state index in [1.54, 1.807) is 0 Å². The van der Waals surface area contributed by atoms with Gasteiger partial charge in [-0.3, -0.25) is 0 Å². The lowest BCUT2D eigenvalue weighted by molar-refractivity contribution is -0.142. The number of rotatable bonds is 3. The second kappa shape index (κ2) is 6.13. The molecule has 0 N–H and O–H groups in total. The van der Waals surface area contributed by atoms with Crippen LogP contribution in [-0.4, -0.2) is 27.3 Å². The molecule has 24 heavy (non-hydrogen) atoms. The van der Waals surface area contributed by atoms with Crippen LogP contribution < -0.4 is 0 Å². The van der Waals surface area contributed by atoms with Gasteiger partial charge in [0.1, 0.15) is 11.3 Å². The fraction of sp³-hybridized carbons (Fsp3) is 0.308. The van der Waals surface area contributed by atoms with Gasteiger partial charge in [0.25, 0.3) is 0 Å². The van der Waals surface area contributed by atoms with Crippen LogP contribution in [0.3, 0.4) is 0 Å². The number of hydrogen-bond acceptors (Lipinski definition) is 4. The quantitative estimate of drug-likeness (QED) is 0.626. The molecule has 0 saturated heterocycles. The Morgan fingerprint density at radius 3 is 2.29 bits per heavy atom. The fourth-order valence-electron chi connectivity index (χ4n) is 1.76. The van der Waals surface area contributed by atoms with Crippen molar-refractivity contribution in [3.63, 3.8) is 0 Å². The van der Waals surface area contributed by atoms with Crippen molar-refractivity contribution in [1.29, 1.82) is 0 Å². The van der Waals surface area contributed by atoms with E-state index in [0.717, 1.165) is 12.3 Å². The molecular formula is C13H9F6N3O2. The van der Waals surface area contributed by atoms with Gasteiger partial charge in [-0.05, 0) is 19.1 Å². The maximum Gasteiger partial charge on any atom is 0.436 e. The molecular weight excluding hydrogens is 344 g/mol. The SMILES string of the molecule is CCOC(=O)c1cn(-c2ccc(C(F)(F)F)nc2)nc1C(F)(F)F. The highest BCUT2D eigenvalue weighted by Gasteiger charge is 2.40. The summed E-state index contributed by atoms with van der Waals surface area (Å²) in [5.41, 5.74) is -3.73. The molecule has 2 aromatic heterocycles. The van der Waals surface area contributed by atoms with Gasteiger partial charge in [0.05, 0.1) is 18.5 Å². The molecule has 0 aromatic carbocycles. The van der Waals surface area contributed by atoms with Crippen molar-refractivity contribution in [2.24, 2.45) is 0 Å². The number of nitrogens with zero attached hydrogens (tertiary/aromatic N) is 3. The molecule has 0 bridgehead atoms. The Balaban J connectivity index is 2.46. The molecule has 2 heterocycles. The van der Waals surface area contributed by atoms with Crippen molar-refractivity contribution in [3.05, 3.63) is 41.5 Å². The number of hydrogen-bond donors (Lipinski definition) is 0. The van der Waals surface area contributed by atoms with Gasteiger partial charge in [-0.1, -0.05) is 0 Å². The fourth-order valence-corrected chi connectivity index (χ4v) is 1.76. The van der Waals surface area contributed by atoms with Crippen LogP contribution in [0.15, 0.2) is 24.5 Å². The molecule has 0 unspecified atom stereocenters. The van der Waals surface area contributed by atoms with Crippen LogP contribution in [0.4, 0.5) is 26.3 Å². The molecule has 0 fully saturated rings. The Hall–Kier alpha value is -2.59. The minimum absolute atomic E-state index is 0.150. The van der Waals surface area contributed by atoms with Crippen LogP contribution in [0.5, 0.6) is 0 Å². The molecule has 5 nitrogen and oxygen atoms in total. The smallest absolute Gasteiger partial charge is 0.436 e. The summed E-state index contributed by atoms with van der Waals surface area (Å²) >= 11 is 0. The van der Waals surface area contributed by atoms with Gasteiger partial charge in [-0.15, -0.1) is 0 Å². The van der Waals surface area contributed by atoms with E-state index in [-0.39, 0.29) is 12.3 Å². The van der Waals surface area contributed by atoms with E-state index < -0.39 is 35.3 Å². The van der Waals surface area contributed by atoms with Crippen molar-refractivity contribution in [2.45, 2.75) is 19.3 Å². The highest BCUT2D eigenvalue weighted by molar-refractivity contribution is 5.90. The van der Waals surface area contributed by atoms with E-state index >= 15 is 0 Å². The second-order valence-electron chi connectivity index (χ2n) is 4.45. The number of alkyl halides is 6. The Morgan fingerprint density at radius 2 is 1.83 bits per heavy atom. The van der Waals surface area contributed by atoms with Crippen LogP contribution >= 0.6 is 0 Å². The molecule has 0 amide bonds. The summed E-state index contributed by atoms with van der Waals surface area (Å²) in [5.74, 6) is -1.24. The Kier molecular flexibility index (Phi) is 4.54.